The molecule has 2 aromatic rings. The van der Waals surface area contributed by atoms with E-state index in [0.29, 0.717) is 11.8 Å². The van der Waals surface area contributed by atoms with Crippen LogP contribution in [0.5, 0.6) is 0 Å². The third-order valence-electron chi connectivity index (χ3n) is 4.50. The molecule has 5 atom stereocenters. The SMILES string of the molecule is O=CC(NC(=O)OCc1ccccc1)C(O)C1OC(c2ccccc2)OCC1O. The summed E-state index contributed by atoms with van der Waals surface area (Å²) < 4.78 is 16.2. The molecule has 0 aliphatic carbocycles. The molecule has 5 unspecified atom stereocenters. The number of aliphatic hydroxyl groups is 2. The van der Waals surface area contributed by atoms with Crippen molar-refractivity contribution in [2.75, 3.05) is 6.61 Å². The minimum atomic E-state index is -1.50. The van der Waals surface area contributed by atoms with Crippen molar-refractivity contribution >= 4 is 12.4 Å². The molecule has 29 heavy (non-hydrogen) atoms. The molecule has 0 bridgehead atoms. The number of nitrogens with one attached hydrogen (secondary N) is 1. The first-order chi connectivity index (χ1) is 14.1. The number of amides is 1. The van der Waals surface area contributed by atoms with Gasteiger partial charge < -0.3 is 34.5 Å². The summed E-state index contributed by atoms with van der Waals surface area (Å²) >= 11 is 0. The highest BCUT2D eigenvalue weighted by molar-refractivity contribution is 5.73. The third-order valence-corrected chi connectivity index (χ3v) is 4.50. The summed E-state index contributed by atoms with van der Waals surface area (Å²) in [5.41, 5.74) is 1.48. The van der Waals surface area contributed by atoms with Crippen LogP contribution in [-0.4, -0.2) is 53.6 Å². The molecule has 0 radical (unpaired) electrons. The van der Waals surface area contributed by atoms with E-state index in [-0.39, 0.29) is 13.2 Å². The fourth-order valence-corrected chi connectivity index (χ4v) is 2.95. The first-order valence-corrected chi connectivity index (χ1v) is 9.19. The number of hydrogen-bond donors (Lipinski definition) is 3. The van der Waals surface area contributed by atoms with Crippen LogP contribution in [0, 0.1) is 0 Å². The number of ether oxygens (including phenoxy) is 3. The van der Waals surface area contributed by atoms with E-state index in [1.54, 1.807) is 36.4 Å². The second-order valence-corrected chi connectivity index (χ2v) is 6.60. The smallest absolute Gasteiger partial charge is 0.408 e. The minimum absolute atomic E-state index is 0.0147. The molecule has 3 N–H and O–H groups in total. The fraction of sp³-hybridized carbons (Fsp3) is 0.333. The summed E-state index contributed by atoms with van der Waals surface area (Å²) in [5, 5.41) is 23.0. The highest BCUT2D eigenvalue weighted by atomic mass is 16.7. The van der Waals surface area contributed by atoms with Crippen LogP contribution in [0.25, 0.3) is 0 Å². The molecule has 1 heterocycles. The predicted molar refractivity (Wildman–Crippen MR) is 102 cm³/mol. The van der Waals surface area contributed by atoms with E-state index in [9.17, 15) is 19.8 Å². The van der Waals surface area contributed by atoms with Gasteiger partial charge in [-0.15, -0.1) is 0 Å². The van der Waals surface area contributed by atoms with Crippen molar-refractivity contribution in [2.24, 2.45) is 0 Å². The summed E-state index contributed by atoms with van der Waals surface area (Å²) in [6, 6.07) is 16.7. The van der Waals surface area contributed by atoms with Crippen LogP contribution in [0.4, 0.5) is 4.79 Å². The van der Waals surface area contributed by atoms with E-state index in [2.05, 4.69) is 5.32 Å². The summed E-state index contributed by atoms with van der Waals surface area (Å²) in [6.07, 6.45) is -5.12. The average molecular weight is 401 g/mol. The molecule has 1 aliphatic rings. The maximum Gasteiger partial charge on any atom is 0.408 e. The Morgan fingerprint density at radius 3 is 2.48 bits per heavy atom. The number of rotatable bonds is 7. The van der Waals surface area contributed by atoms with Crippen molar-refractivity contribution in [3.8, 4) is 0 Å². The first-order valence-electron chi connectivity index (χ1n) is 9.19. The molecular weight excluding hydrogens is 378 g/mol. The Kier molecular flexibility index (Phi) is 7.31. The molecule has 8 nitrogen and oxygen atoms in total. The molecular formula is C21H23NO7. The van der Waals surface area contributed by atoms with E-state index in [1.807, 2.05) is 24.3 Å². The van der Waals surface area contributed by atoms with Crippen LogP contribution < -0.4 is 5.32 Å². The van der Waals surface area contributed by atoms with Gasteiger partial charge in [-0.25, -0.2) is 4.79 Å². The second-order valence-electron chi connectivity index (χ2n) is 6.60. The average Bonchev–Trinajstić information content (AvgIpc) is 2.77. The van der Waals surface area contributed by atoms with Crippen molar-refractivity contribution in [1.82, 2.24) is 5.32 Å². The predicted octanol–water partition coefficient (Wildman–Crippen LogP) is 1.32. The second kappa shape index (κ2) is 10.1. The molecule has 0 saturated carbocycles. The molecule has 0 aromatic heterocycles. The van der Waals surface area contributed by atoms with Gasteiger partial charge in [-0.2, -0.15) is 0 Å². The van der Waals surface area contributed by atoms with Crippen molar-refractivity contribution in [3.05, 3.63) is 71.8 Å². The number of carbonyl (C=O) groups excluding carboxylic acids is 2. The lowest BCUT2D eigenvalue weighted by atomic mass is 10.0. The van der Waals surface area contributed by atoms with Crippen LogP contribution in [0.2, 0.25) is 0 Å². The lowest BCUT2D eigenvalue weighted by Gasteiger charge is -2.37. The van der Waals surface area contributed by atoms with Gasteiger partial charge in [0, 0.05) is 5.56 Å². The minimum Gasteiger partial charge on any atom is -0.445 e. The van der Waals surface area contributed by atoms with Gasteiger partial charge >= 0.3 is 6.09 Å². The van der Waals surface area contributed by atoms with Crippen LogP contribution in [-0.2, 0) is 25.6 Å². The Morgan fingerprint density at radius 1 is 1.17 bits per heavy atom. The van der Waals surface area contributed by atoms with E-state index >= 15 is 0 Å². The molecule has 1 saturated heterocycles. The normalized spacial score (nSPS) is 23.6. The summed E-state index contributed by atoms with van der Waals surface area (Å²) in [7, 11) is 0. The van der Waals surface area contributed by atoms with Crippen LogP contribution in [0.3, 0.4) is 0 Å². The number of aliphatic hydroxyl groups excluding tert-OH is 2. The Morgan fingerprint density at radius 2 is 1.83 bits per heavy atom. The number of aldehydes is 1. The summed E-state index contributed by atoms with van der Waals surface area (Å²) in [5.74, 6) is 0. The highest BCUT2D eigenvalue weighted by Gasteiger charge is 2.40. The fourth-order valence-electron chi connectivity index (χ4n) is 2.95. The van der Waals surface area contributed by atoms with E-state index < -0.39 is 36.7 Å². The highest BCUT2D eigenvalue weighted by Crippen LogP contribution is 2.28. The third kappa shape index (κ3) is 5.61. The zero-order valence-electron chi connectivity index (χ0n) is 15.6. The topological polar surface area (TPSA) is 114 Å². The molecule has 154 valence electrons. The van der Waals surface area contributed by atoms with Gasteiger partial charge in [-0.1, -0.05) is 60.7 Å². The molecule has 8 heteroatoms. The summed E-state index contributed by atoms with van der Waals surface area (Å²) in [6.45, 7) is -0.0772. The summed E-state index contributed by atoms with van der Waals surface area (Å²) in [4.78, 5) is 23.5. The number of alkyl carbamates (subject to hydrolysis) is 1. The van der Waals surface area contributed by atoms with Gasteiger partial charge in [0.1, 0.15) is 37.2 Å². The number of benzene rings is 2. The van der Waals surface area contributed by atoms with Gasteiger partial charge in [0.15, 0.2) is 6.29 Å². The quantitative estimate of drug-likeness (QED) is 0.600. The molecule has 3 rings (SSSR count). The monoisotopic (exact) mass is 401 g/mol. The first kappa shape index (κ1) is 20.9. The molecule has 1 amide bonds. The molecule has 1 fully saturated rings. The van der Waals surface area contributed by atoms with Gasteiger partial charge in [-0.3, -0.25) is 0 Å². The number of carbonyl (C=O) groups is 2. The van der Waals surface area contributed by atoms with Gasteiger partial charge in [-0.05, 0) is 5.56 Å². The van der Waals surface area contributed by atoms with Gasteiger partial charge in [0.05, 0.1) is 6.61 Å². The standard InChI is InChI=1S/C21H23NO7/c23-11-16(22-21(26)28-12-14-7-3-1-4-8-14)18(25)19-17(24)13-27-20(29-19)15-9-5-2-6-10-15/h1-11,16-20,24-25H,12-13H2,(H,22,26). The molecule has 0 spiro atoms. The van der Waals surface area contributed by atoms with E-state index in [4.69, 9.17) is 14.2 Å². The zero-order chi connectivity index (χ0) is 20.6. The van der Waals surface area contributed by atoms with Crippen LogP contribution in [0.1, 0.15) is 17.4 Å². The Labute approximate surface area is 168 Å². The zero-order valence-corrected chi connectivity index (χ0v) is 15.6. The maximum absolute atomic E-state index is 12.0. The number of hydrogen-bond acceptors (Lipinski definition) is 7. The van der Waals surface area contributed by atoms with Crippen molar-refractivity contribution < 1.29 is 34.0 Å². The van der Waals surface area contributed by atoms with Gasteiger partial charge in [0.25, 0.3) is 0 Å². The van der Waals surface area contributed by atoms with E-state index in [0.717, 1.165) is 5.56 Å². The maximum atomic E-state index is 12.0. The Balaban J connectivity index is 1.59. The van der Waals surface area contributed by atoms with Crippen LogP contribution >= 0.6 is 0 Å². The Bertz CT molecular complexity index is 786. The lowest BCUT2D eigenvalue weighted by molar-refractivity contribution is -0.276. The van der Waals surface area contributed by atoms with Crippen molar-refractivity contribution in [1.29, 1.82) is 0 Å². The Hall–Kier alpha value is -2.78. The molecule has 1 aliphatic heterocycles. The molecule has 2 aromatic carbocycles. The van der Waals surface area contributed by atoms with Crippen LogP contribution in [0.15, 0.2) is 60.7 Å². The van der Waals surface area contributed by atoms with E-state index in [1.165, 1.54) is 0 Å². The largest absolute Gasteiger partial charge is 0.445 e. The van der Waals surface area contributed by atoms with Crippen molar-refractivity contribution in [2.45, 2.75) is 37.3 Å². The van der Waals surface area contributed by atoms with Gasteiger partial charge in [0.2, 0.25) is 0 Å². The van der Waals surface area contributed by atoms with Crippen molar-refractivity contribution in [3.63, 3.8) is 0 Å². The lowest BCUT2D eigenvalue weighted by Crippen LogP contribution is -2.56.